The number of esters is 1. The van der Waals surface area contributed by atoms with Crippen LogP contribution >= 0.6 is 0 Å². The van der Waals surface area contributed by atoms with Gasteiger partial charge < -0.3 is 14.8 Å². The third-order valence-electron chi connectivity index (χ3n) is 3.69. The lowest BCUT2D eigenvalue weighted by Crippen LogP contribution is -2.36. The smallest absolute Gasteiger partial charge is 0.407 e. The number of carbonyl (C=O) groups is 2. The van der Waals surface area contributed by atoms with Crippen molar-refractivity contribution in [2.24, 2.45) is 0 Å². The highest BCUT2D eigenvalue weighted by Crippen LogP contribution is 2.23. The molecule has 0 aromatic heterocycles. The molecule has 1 N–H and O–H groups in total. The molecule has 1 aromatic rings. The highest BCUT2D eigenvalue weighted by atomic mass is 16.5. The van der Waals surface area contributed by atoms with Gasteiger partial charge in [0.25, 0.3) is 0 Å². The van der Waals surface area contributed by atoms with Gasteiger partial charge in [-0.25, -0.2) is 9.59 Å². The van der Waals surface area contributed by atoms with Crippen LogP contribution in [-0.4, -0.2) is 25.2 Å². The molecule has 2 rings (SSSR count). The lowest BCUT2D eigenvalue weighted by Gasteiger charge is -2.24. The molecular formula is C17H21NO4. The number of hydrogen-bond acceptors (Lipinski definition) is 4. The molecule has 0 bridgehead atoms. The summed E-state index contributed by atoms with van der Waals surface area (Å²) in [4.78, 5) is 22.9. The summed E-state index contributed by atoms with van der Waals surface area (Å²) in [6, 6.07) is 9.67. The molecule has 118 valence electrons. The van der Waals surface area contributed by atoms with Crippen LogP contribution in [0.4, 0.5) is 4.79 Å². The Labute approximate surface area is 130 Å². The van der Waals surface area contributed by atoms with E-state index >= 15 is 0 Å². The molecule has 1 aliphatic carbocycles. The van der Waals surface area contributed by atoms with Crippen LogP contribution in [0.1, 0.15) is 31.2 Å². The first-order valence-electron chi connectivity index (χ1n) is 7.42. The van der Waals surface area contributed by atoms with Crippen LogP contribution in [0, 0.1) is 0 Å². The first-order chi connectivity index (χ1) is 10.7. The highest BCUT2D eigenvalue weighted by molar-refractivity contribution is 5.82. The van der Waals surface area contributed by atoms with Gasteiger partial charge in [-0.1, -0.05) is 35.9 Å². The van der Waals surface area contributed by atoms with Crippen molar-refractivity contribution < 1.29 is 19.1 Å². The number of hydrogen-bond donors (Lipinski definition) is 1. The van der Waals surface area contributed by atoms with Crippen molar-refractivity contribution in [1.82, 2.24) is 5.32 Å². The third-order valence-corrected chi connectivity index (χ3v) is 3.69. The molecule has 0 radical (unpaired) electrons. The van der Waals surface area contributed by atoms with Gasteiger partial charge in [0.05, 0.1) is 7.11 Å². The number of nitrogens with one attached hydrogen (secondary N) is 1. The van der Waals surface area contributed by atoms with Crippen molar-refractivity contribution in [2.75, 3.05) is 7.11 Å². The number of allylic oxidation sites excluding steroid dienone is 1. The molecule has 1 aromatic carbocycles. The Morgan fingerprint density at radius 2 is 1.91 bits per heavy atom. The van der Waals surface area contributed by atoms with E-state index in [9.17, 15) is 9.59 Å². The van der Waals surface area contributed by atoms with Crippen LogP contribution in [0.3, 0.4) is 0 Å². The molecule has 0 aliphatic heterocycles. The zero-order valence-corrected chi connectivity index (χ0v) is 12.7. The van der Waals surface area contributed by atoms with Crippen molar-refractivity contribution in [2.45, 2.75) is 38.3 Å². The second-order valence-electron chi connectivity index (χ2n) is 5.31. The lowest BCUT2D eigenvalue weighted by molar-refractivity contribution is -0.134. The monoisotopic (exact) mass is 303 g/mol. The summed E-state index contributed by atoms with van der Waals surface area (Å²) in [6.45, 7) is 0.271. The summed E-state index contributed by atoms with van der Waals surface area (Å²) in [5.41, 5.74) is 2.03. The van der Waals surface area contributed by atoms with Crippen LogP contribution in [-0.2, 0) is 20.9 Å². The van der Waals surface area contributed by atoms with Crippen molar-refractivity contribution >= 4 is 12.1 Å². The third kappa shape index (κ3) is 5.24. The van der Waals surface area contributed by atoms with Gasteiger partial charge in [-0.2, -0.15) is 0 Å². The minimum atomic E-state index is -0.394. The molecule has 22 heavy (non-hydrogen) atoms. The Morgan fingerprint density at radius 3 is 2.55 bits per heavy atom. The second kappa shape index (κ2) is 8.22. The van der Waals surface area contributed by atoms with E-state index in [0.717, 1.165) is 36.8 Å². The maximum atomic E-state index is 11.8. The molecule has 5 nitrogen and oxygen atoms in total. The molecular weight excluding hydrogens is 282 g/mol. The first-order valence-corrected chi connectivity index (χ1v) is 7.42. The minimum Gasteiger partial charge on any atom is -0.466 e. The van der Waals surface area contributed by atoms with E-state index in [-0.39, 0.29) is 18.6 Å². The average molecular weight is 303 g/mol. The number of ether oxygens (including phenoxy) is 2. The number of methoxy groups -OCH3 is 1. The fraction of sp³-hybridized carbons (Fsp3) is 0.412. The van der Waals surface area contributed by atoms with E-state index < -0.39 is 6.09 Å². The molecule has 1 fully saturated rings. The van der Waals surface area contributed by atoms with Gasteiger partial charge in [0.15, 0.2) is 0 Å². The van der Waals surface area contributed by atoms with Gasteiger partial charge in [-0.05, 0) is 31.2 Å². The van der Waals surface area contributed by atoms with Gasteiger partial charge in [0.2, 0.25) is 0 Å². The van der Waals surface area contributed by atoms with Crippen LogP contribution in [0.15, 0.2) is 42.0 Å². The SMILES string of the molecule is COC(=O)C=C1CCC(NC(=O)OCc2ccccc2)CC1. The predicted molar refractivity (Wildman–Crippen MR) is 82.1 cm³/mol. The quantitative estimate of drug-likeness (QED) is 0.686. The van der Waals surface area contributed by atoms with Gasteiger partial charge in [0, 0.05) is 12.1 Å². The first kappa shape index (κ1) is 16.1. The molecule has 1 aliphatic rings. The molecule has 1 saturated carbocycles. The van der Waals surface area contributed by atoms with E-state index in [2.05, 4.69) is 10.1 Å². The van der Waals surface area contributed by atoms with Crippen molar-refractivity contribution in [3.8, 4) is 0 Å². The van der Waals surface area contributed by atoms with E-state index in [1.54, 1.807) is 6.08 Å². The Balaban J connectivity index is 1.70. The van der Waals surface area contributed by atoms with E-state index in [0.29, 0.717) is 0 Å². The lowest BCUT2D eigenvalue weighted by atomic mass is 9.91. The second-order valence-corrected chi connectivity index (χ2v) is 5.31. The van der Waals surface area contributed by atoms with Crippen molar-refractivity contribution in [3.05, 3.63) is 47.5 Å². The Morgan fingerprint density at radius 1 is 1.23 bits per heavy atom. The van der Waals surface area contributed by atoms with E-state index in [1.165, 1.54) is 7.11 Å². The normalized spacial score (nSPS) is 17.5. The van der Waals surface area contributed by atoms with Gasteiger partial charge in [-0.3, -0.25) is 0 Å². The summed E-state index contributed by atoms with van der Waals surface area (Å²) >= 11 is 0. The number of amides is 1. The molecule has 0 heterocycles. The van der Waals surface area contributed by atoms with Gasteiger partial charge in [0.1, 0.15) is 6.61 Å². The summed E-state index contributed by atoms with van der Waals surface area (Å²) < 4.78 is 9.81. The van der Waals surface area contributed by atoms with E-state index in [1.807, 2.05) is 30.3 Å². The van der Waals surface area contributed by atoms with Gasteiger partial charge >= 0.3 is 12.1 Å². The molecule has 5 heteroatoms. The summed E-state index contributed by atoms with van der Waals surface area (Å²) in [5, 5.41) is 2.87. The minimum absolute atomic E-state index is 0.0954. The van der Waals surface area contributed by atoms with Crippen LogP contribution in [0.2, 0.25) is 0 Å². The zero-order valence-electron chi connectivity index (χ0n) is 12.7. The number of alkyl carbamates (subject to hydrolysis) is 1. The summed E-state index contributed by atoms with van der Waals surface area (Å²) in [5.74, 6) is -0.316. The maximum absolute atomic E-state index is 11.8. The molecule has 0 unspecified atom stereocenters. The fourth-order valence-corrected chi connectivity index (χ4v) is 2.43. The Hall–Kier alpha value is -2.30. The van der Waals surface area contributed by atoms with Crippen LogP contribution in [0.25, 0.3) is 0 Å². The number of rotatable bonds is 4. The standard InChI is InChI=1S/C17H21NO4/c1-21-16(19)11-13-7-9-15(10-8-13)18-17(20)22-12-14-5-3-2-4-6-14/h2-6,11,15H,7-10,12H2,1H3,(H,18,20). The number of carbonyl (C=O) groups excluding carboxylic acids is 2. The largest absolute Gasteiger partial charge is 0.466 e. The topological polar surface area (TPSA) is 64.6 Å². The molecule has 1 amide bonds. The van der Waals surface area contributed by atoms with Crippen molar-refractivity contribution in [3.63, 3.8) is 0 Å². The molecule has 0 saturated heterocycles. The summed E-state index contributed by atoms with van der Waals surface area (Å²) in [6.07, 6.45) is 4.35. The van der Waals surface area contributed by atoms with Crippen LogP contribution in [0.5, 0.6) is 0 Å². The Kier molecular flexibility index (Phi) is 6.01. The zero-order chi connectivity index (χ0) is 15.8. The van der Waals surface area contributed by atoms with Crippen LogP contribution < -0.4 is 5.32 Å². The van der Waals surface area contributed by atoms with Crippen molar-refractivity contribution in [1.29, 1.82) is 0 Å². The van der Waals surface area contributed by atoms with E-state index in [4.69, 9.17) is 4.74 Å². The molecule has 0 spiro atoms. The summed E-state index contributed by atoms with van der Waals surface area (Å²) in [7, 11) is 1.37. The van der Waals surface area contributed by atoms with Gasteiger partial charge in [-0.15, -0.1) is 0 Å². The molecule has 0 atom stereocenters. The average Bonchev–Trinajstić information content (AvgIpc) is 2.55. The highest BCUT2D eigenvalue weighted by Gasteiger charge is 2.19. The fourth-order valence-electron chi connectivity index (χ4n) is 2.43. The maximum Gasteiger partial charge on any atom is 0.407 e. The Bertz CT molecular complexity index is 529. The number of benzene rings is 1. The predicted octanol–water partition coefficient (Wildman–Crippen LogP) is 2.95.